The lowest BCUT2D eigenvalue weighted by Gasteiger charge is -2.14. The molecule has 0 aliphatic heterocycles. The fraction of sp³-hybridized carbons (Fsp3) is 0.750. The molecule has 1 N–H and O–H groups in total. The summed E-state index contributed by atoms with van der Waals surface area (Å²) in [6.45, 7) is 3.18. The van der Waals surface area contributed by atoms with Gasteiger partial charge in [0, 0.05) is 26.7 Å². The molecule has 1 aliphatic carbocycles. The molecule has 1 aromatic heterocycles. The number of aromatic nitrogens is 1. The molecule has 1 fully saturated rings. The molecule has 0 atom stereocenters. The molecule has 0 unspecified atom stereocenters. The topological polar surface area (TPSA) is 50.5 Å². The van der Waals surface area contributed by atoms with Gasteiger partial charge < -0.3 is 19.4 Å². The number of hydrogen-bond acceptors (Lipinski definition) is 5. The fourth-order valence-corrected chi connectivity index (χ4v) is 1.57. The zero-order valence-corrected chi connectivity index (χ0v) is 10.6. The molecule has 1 aliphatic rings. The maximum Gasteiger partial charge on any atom is 0.297 e. The highest BCUT2D eigenvalue weighted by atomic mass is 16.5. The molecule has 96 valence electrons. The molecule has 1 saturated carbocycles. The van der Waals surface area contributed by atoms with E-state index in [0.717, 1.165) is 37.9 Å². The Morgan fingerprint density at radius 2 is 2.41 bits per heavy atom. The van der Waals surface area contributed by atoms with Crippen LogP contribution < -0.4 is 10.2 Å². The Bertz CT molecular complexity index is 336. The fourth-order valence-electron chi connectivity index (χ4n) is 1.57. The van der Waals surface area contributed by atoms with E-state index >= 15 is 0 Å². The van der Waals surface area contributed by atoms with Gasteiger partial charge in [0.15, 0.2) is 0 Å². The second-order valence-corrected chi connectivity index (χ2v) is 4.59. The minimum Gasteiger partial charge on any atom is -0.432 e. The number of rotatable bonds is 8. The van der Waals surface area contributed by atoms with Gasteiger partial charge in [-0.3, -0.25) is 0 Å². The van der Waals surface area contributed by atoms with E-state index in [1.807, 2.05) is 19.0 Å². The number of anilines is 1. The Morgan fingerprint density at radius 3 is 3.12 bits per heavy atom. The molecule has 17 heavy (non-hydrogen) atoms. The number of nitrogens with zero attached hydrogens (tertiary/aromatic N) is 2. The molecule has 5 nitrogen and oxygen atoms in total. The van der Waals surface area contributed by atoms with E-state index in [9.17, 15) is 0 Å². The summed E-state index contributed by atoms with van der Waals surface area (Å²) in [5, 5.41) is 3.04. The van der Waals surface area contributed by atoms with Gasteiger partial charge in [0.05, 0.1) is 12.3 Å². The molecule has 0 spiro atoms. The molecule has 0 saturated heterocycles. The molecular formula is C12H21N3O2. The predicted molar refractivity (Wildman–Crippen MR) is 66.1 cm³/mol. The number of hydrogen-bond donors (Lipinski definition) is 1. The molecule has 1 heterocycles. The van der Waals surface area contributed by atoms with Gasteiger partial charge in [-0.1, -0.05) is 0 Å². The minimum absolute atomic E-state index is 0.658. The zero-order valence-electron chi connectivity index (χ0n) is 10.6. The number of nitrogens with one attached hydrogen (secondary N) is 1. The first-order valence-electron chi connectivity index (χ1n) is 6.17. The van der Waals surface area contributed by atoms with Crippen LogP contribution >= 0.6 is 0 Å². The Hall–Kier alpha value is -1.07. The second-order valence-electron chi connectivity index (χ2n) is 4.59. The van der Waals surface area contributed by atoms with Gasteiger partial charge in [-0.25, -0.2) is 0 Å². The smallest absolute Gasteiger partial charge is 0.297 e. The summed E-state index contributed by atoms with van der Waals surface area (Å²) in [5.41, 5.74) is 0.924. The number of oxazole rings is 1. The monoisotopic (exact) mass is 239 g/mol. The number of likely N-dealkylation sites (N-methyl/N-ethyl adjacent to an activating group) is 1. The maximum atomic E-state index is 5.58. The zero-order chi connectivity index (χ0) is 12.1. The van der Waals surface area contributed by atoms with Gasteiger partial charge in [-0.05, 0) is 25.8 Å². The summed E-state index contributed by atoms with van der Waals surface area (Å²) in [4.78, 5) is 6.35. The van der Waals surface area contributed by atoms with Crippen molar-refractivity contribution in [3.8, 4) is 0 Å². The van der Waals surface area contributed by atoms with Gasteiger partial charge in [0.1, 0.15) is 6.26 Å². The molecule has 0 amide bonds. The van der Waals surface area contributed by atoms with Crippen molar-refractivity contribution < 1.29 is 9.15 Å². The van der Waals surface area contributed by atoms with Crippen molar-refractivity contribution in [2.75, 3.05) is 38.8 Å². The highest BCUT2D eigenvalue weighted by Gasteiger charge is 2.21. The van der Waals surface area contributed by atoms with E-state index in [2.05, 4.69) is 10.3 Å². The van der Waals surface area contributed by atoms with Crippen LogP contribution in [0.1, 0.15) is 18.5 Å². The first-order valence-corrected chi connectivity index (χ1v) is 6.17. The van der Waals surface area contributed by atoms with E-state index in [0.29, 0.717) is 6.01 Å². The van der Waals surface area contributed by atoms with Crippen LogP contribution in [0.2, 0.25) is 0 Å². The van der Waals surface area contributed by atoms with Crippen molar-refractivity contribution >= 4 is 6.01 Å². The highest BCUT2D eigenvalue weighted by molar-refractivity contribution is 5.24. The quantitative estimate of drug-likeness (QED) is 0.692. The molecular weight excluding hydrogens is 218 g/mol. The lowest BCUT2D eigenvalue weighted by atomic mass is 10.5. The first kappa shape index (κ1) is 12.4. The first-order chi connectivity index (χ1) is 8.29. The SMILES string of the molecule is CNCc1coc(N(C)CCOCC2CC2)n1. The summed E-state index contributed by atoms with van der Waals surface area (Å²) in [6, 6.07) is 0.658. The van der Waals surface area contributed by atoms with Crippen LogP contribution in [0.3, 0.4) is 0 Å². The highest BCUT2D eigenvalue weighted by Crippen LogP contribution is 2.28. The van der Waals surface area contributed by atoms with Crippen molar-refractivity contribution in [3.05, 3.63) is 12.0 Å². The van der Waals surface area contributed by atoms with Crippen LogP contribution in [0.5, 0.6) is 0 Å². The van der Waals surface area contributed by atoms with Crippen LogP contribution in [0.15, 0.2) is 10.7 Å². The van der Waals surface area contributed by atoms with Crippen LogP contribution in [0, 0.1) is 5.92 Å². The average Bonchev–Trinajstić information content (AvgIpc) is 3.03. The molecule has 0 aromatic carbocycles. The summed E-state index contributed by atoms with van der Waals surface area (Å²) in [6.07, 6.45) is 4.36. The molecule has 0 radical (unpaired) electrons. The third-order valence-electron chi connectivity index (χ3n) is 2.85. The molecule has 5 heteroatoms. The lowest BCUT2D eigenvalue weighted by Crippen LogP contribution is -2.23. The van der Waals surface area contributed by atoms with Crippen molar-refractivity contribution in [1.29, 1.82) is 0 Å². The van der Waals surface area contributed by atoms with Crippen molar-refractivity contribution in [2.24, 2.45) is 5.92 Å². The van der Waals surface area contributed by atoms with Gasteiger partial charge in [0.2, 0.25) is 0 Å². The second kappa shape index (κ2) is 6.02. The molecule has 2 rings (SSSR count). The van der Waals surface area contributed by atoms with Gasteiger partial charge in [-0.15, -0.1) is 0 Å². The Kier molecular flexibility index (Phi) is 4.39. The normalized spacial score (nSPS) is 15.2. The van der Waals surface area contributed by atoms with Crippen LogP contribution in [-0.4, -0.2) is 38.8 Å². The minimum atomic E-state index is 0.658. The third-order valence-corrected chi connectivity index (χ3v) is 2.85. The van der Waals surface area contributed by atoms with Gasteiger partial charge >= 0.3 is 0 Å². The van der Waals surface area contributed by atoms with E-state index in [4.69, 9.17) is 9.15 Å². The van der Waals surface area contributed by atoms with Crippen molar-refractivity contribution in [2.45, 2.75) is 19.4 Å². The Balaban J connectivity index is 1.67. The largest absolute Gasteiger partial charge is 0.432 e. The van der Waals surface area contributed by atoms with E-state index in [1.165, 1.54) is 12.8 Å². The molecule has 1 aromatic rings. The molecule has 0 bridgehead atoms. The Morgan fingerprint density at radius 1 is 1.59 bits per heavy atom. The summed E-state index contributed by atoms with van der Waals surface area (Å²) < 4.78 is 11.0. The van der Waals surface area contributed by atoms with Crippen molar-refractivity contribution in [3.63, 3.8) is 0 Å². The average molecular weight is 239 g/mol. The van der Waals surface area contributed by atoms with Crippen molar-refractivity contribution in [1.82, 2.24) is 10.3 Å². The number of ether oxygens (including phenoxy) is 1. The van der Waals surface area contributed by atoms with E-state index < -0.39 is 0 Å². The third kappa shape index (κ3) is 4.02. The van der Waals surface area contributed by atoms with Crippen LogP contribution in [0.25, 0.3) is 0 Å². The summed E-state index contributed by atoms with van der Waals surface area (Å²) in [5.74, 6) is 0.823. The van der Waals surface area contributed by atoms with Gasteiger partial charge in [0.25, 0.3) is 6.01 Å². The standard InChI is InChI=1S/C12H21N3O2/c1-13-7-11-9-17-12(14-11)15(2)5-6-16-8-10-3-4-10/h9-10,13H,3-8H2,1-2H3. The van der Waals surface area contributed by atoms with E-state index in [-0.39, 0.29) is 0 Å². The lowest BCUT2D eigenvalue weighted by molar-refractivity contribution is 0.130. The summed E-state index contributed by atoms with van der Waals surface area (Å²) >= 11 is 0. The summed E-state index contributed by atoms with van der Waals surface area (Å²) in [7, 11) is 3.86. The van der Waals surface area contributed by atoms with Gasteiger partial charge in [-0.2, -0.15) is 4.98 Å². The van der Waals surface area contributed by atoms with E-state index in [1.54, 1.807) is 6.26 Å². The predicted octanol–water partition coefficient (Wildman–Crippen LogP) is 1.26. The Labute approximate surface area is 102 Å². The maximum absolute atomic E-state index is 5.58. The van der Waals surface area contributed by atoms with Crippen LogP contribution in [-0.2, 0) is 11.3 Å². The van der Waals surface area contributed by atoms with Crippen LogP contribution in [0.4, 0.5) is 6.01 Å².